The van der Waals surface area contributed by atoms with Gasteiger partial charge in [0.15, 0.2) is 0 Å². The van der Waals surface area contributed by atoms with Crippen molar-refractivity contribution in [2.24, 2.45) is 5.92 Å². The van der Waals surface area contributed by atoms with Gasteiger partial charge in [-0.25, -0.2) is 4.79 Å². The fourth-order valence-electron chi connectivity index (χ4n) is 3.95. The molecule has 1 heterocycles. The molecule has 184 valence electrons. The van der Waals surface area contributed by atoms with E-state index in [2.05, 4.69) is 10.6 Å². The van der Waals surface area contributed by atoms with Crippen LogP contribution in [0.15, 0.2) is 54.6 Å². The second-order valence-corrected chi connectivity index (χ2v) is 8.90. The molecule has 0 aliphatic carbocycles. The third-order valence-corrected chi connectivity index (χ3v) is 5.70. The Labute approximate surface area is 203 Å². The van der Waals surface area contributed by atoms with Gasteiger partial charge in [0.2, 0.25) is 11.8 Å². The number of amides is 4. The summed E-state index contributed by atoms with van der Waals surface area (Å²) < 4.78 is 0. The van der Waals surface area contributed by atoms with Crippen LogP contribution in [0.4, 0.5) is 0 Å². The zero-order valence-electron chi connectivity index (χ0n) is 19.7. The van der Waals surface area contributed by atoms with Crippen LogP contribution < -0.4 is 10.6 Å². The van der Waals surface area contributed by atoms with Crippen LogP contribution in [0, 0.1) is 5.92 Å². The smallest absolute Gasteiger partial charge is 0.326 e. The lowest BCUT2D eigenvalue weighted by atomic mass is 10.0. The van der Waals surface area contributed by atoms with Gasteiger partial charge < -0.3 is 15.7 Å². The van der Waals surface area contributed by atoms with Crippen LogP contribution in [0.25, 0.3) is 0 Å². The van der Waals surface area contributed by atoms with Crippen molar-refractivity contribution < 1.29 is 29.1 Å². The second-order valence-electron chi connectivity index (χ2n) is 8.90. The monoisotopic (exact) mass is 479 g/mol. The summed E-state index contributed by atoms with van der Waals surface area (Å²) >= 11 is 0. The molecule has 2 aromatic carbocycles. The summed E-state index contributed by atoms with van der Waals surface area (Å²) in [6.45, 7) is 3.63. The Hall–Kier alpha value is -4.01. The standard InChI is InChI=1S/C26H29N3O6/c1-16(2)14-20(23(31)28-21(26(34)35)15-17-8-4-3-5-9-17)27-22(30)12-13-29-24(32)18-10-6-7-11-19(18)25(29)33/h3-11,16,20-21H,12-15H2,1-2H3,(H,27,30)(H,28,31)(H,34,35)/t20-,21-/m0/s1. The number of hydrogen-bond acceptors (Lipinski definition) is 5. The molecule has 0 fully saturated rings. The van der Waals surface area contributed by atoms with Crippen LogP contribution in [-0.2, 0) is 20.8 Å². The van der Waals surface area contributed by atoms with Gasteiger partial charge in [-0.15, -0.1) is 0 Å². The number of nitrogens with zero attached hydrogens (tertiary/aromatic N) is 1. The summed E-state index contributed by atoms with van der Waals surface area (Å²) in [5.74, 6) is -3.17. The average molecular weight is 480 g/mol. The molecule has 3 rings (SSSR count). The molecule has 4 amide bonds. The summed E-state index contributed by atoms with van der Waals surface area (Å²) in [6, 6.07) is 13.3. The number of rotatable bonds is 11. The van der Waals surface area contributed by atoms with Crippen LogP contribution in [0.2, 0.25) is 0 Å². The molecule has 9 heteroatoms. The van der Waals surface area contributed by atoms with Gasteiger partial charge in [-0.1, -0.05) is 56.3 Å². The quantitative estimate of drug-likeness (QED) is 0.423. The third kappa shape index (κ3) is 6.53. The van der Waals surface area contributed by atoms with Gasteiger partial charge in [-0.05, 0) is 30.0 Å². The maximum Gasteiger partial charge on any atom is 0.326 e. The summed E-state index contributed by atoms with van der Waals surface area (Å²) in [6.07, 6.45) is 0.214. The van der Waals surface area contributed by atoms with Crippen LogP contribution in [0.5, 0.6) is 0 Å². The maximum atomic E-state index is 12.9. The number of imide groups is 1. The minimum atomic E-state index is -1.18. The molecule has 9 nitrogen and oxygen atoms in total. The lowest BCUT2D eigenvalue weighted by Gasteiger charge is -2.23. The van der Waals surface area contributed by atoms with Crippen molar-refractivity contribution in [2.45, 2.75) is 45.2 Å². The van der Waals surface area contributed by atoms with Gasteiger partial charge in [0.1, 0.15) is 12.1 Å². The van der Waals surface area contributed by atoms with Crippen LogP contribution >= 0.6 is 0 Å². The van der Waals surface area contributed by atoms with E-state index in [-0.39, 0.29) is 25.3 Å². The molecular formula is C26H29N3O6. The lowest BCUT2D eigenvalue weighted by molar-refractivity contribution is -0.142. The average Bonchev–Trinajstić information content (AvgIpc) is 3.06. The topological polar surface area (TPSA) is 133 Å². The van der Waals surface area contributed by atoms with E-state index in [1.807, 2.05) is 19.9 Å². The Bertz CT molecular complexity index is 1080. The molecule has 0 spiro atoms. The zero-order chi connectivity index (χ0) is 25.5. The largest absolute Gasteiger partial charge is 0.480 e. The molecule has 0 saturated heterocycles. The number of hydrogen-bond donors (Lipinski definition) is 3. The van der Waals surface area contributed by atoms with Crippen molar-refractivity contribution in [1.82, 2.24) is 15.5 Å². The first kappa shape index (κ1) is 25.6. The summed E-state index contributed by atoms with van der Waals surface area (Å²) in [7, 11) is 0. The molecule has 3 N–H and O–H groups in total. The number of carboxylic acid groups (broad SMARTS) is 1. The van der Waals surface area contributed by atoms with Gasteiger partial charge in [-0.2, -0.15) is 0 Å². The minimum Gasteiger partial charge on any atom is -0.480 e. The normalized spacial score (nSPS) is 14.4. The van der Waals surface area contributed by atoms with Crippen molar-refractivity contribution in [3.8, 4) is 0 Å². The Balaban J connectivity index is 1.61. The molecule has 0 aromatic heterocycles. The van der Waals surface area contributed by atoms with E-state index in [1.54, 1.807) is 48.5 Å². The molecule has 0 bridgehead atoms. The summed E-state index contributed by atoms with van der Waals surface area (Å²) in [4.78, 5) is 63.3. The number of aliphatic carboxylic acids is 1. The first-order valence-corrected chi connectivity index (χ1v) is 11.5. The Morgan fingerprint density at radius 3 is 1.97 bits per heavy atom. The molecular weight excluding hydrogens is 450 g/mol. The van der Waals surface area contributed by atoms with Crippen molar-refractivity contribution in [2.75, 3.05) is 6.54 Å². The molecule has 35 heavy (non-hydrogen) atoms. The SMILES string of the molecule is CC(C)C[C@H](NC(=O)CCN1C(=O)c2ccccc2C1=O)C(=O)N[C@@H](Cc1ccccc1)C(=O)O. The predicted molar refractivity (Wildman–Crippen MR) is 128 cm³/mol. The van der Waals surface area contributed by atoms with Crippen LogP contribution in [0.3, 0.4) is 0 Å². The predicted octanol–water partition coefficient (Wildman–Crippen LogP) is 2.02. The van der Waals surface area contributed by atoms with Gasteiger partial charge in [0, 0.05) is 19.4 Å². The zero-order valence-corrected chi connectivity index (χ0v) is 19.7. The molecule has 1 aliphatic heterocycles. The van der Waals surface area contributed by atoms with E-state index in [1.165, 1.54) is 0 Å². The first-order valence-electron chi connectivity index (χ1n) is 11.5. The Morgan fingerprint density at radius 1 is 0.857 bits per heavy atom. The minimum absolute atomic E-state index is 0.0414. The van der Waals surface area contributed by atoms with Crippen molar-refractivity contribution >= 4 is 29.6 Å². The molecule has 2 aromatic rings. The molecule has 2 atom stereocenters. The highest BCUT2D eigenvalue weighted by atomic mass is 16.4. The highest BCUT2D eigenvalue weighted by molar-refractivity contribution is 6.21. The first-order chi connectivity index (χ1) is 16.7. The van der Waals surface area contributed by atoms with Crippen LogP contribution in [0.1, 0.15) is 53.0 Å². The fourth-order valence-corrected chi connectivity index (χ4v) is 3.95. The molecule has 0 saturated carbocycles. The molecule has 1 aliphatic rings. The Kier molecular flexibility index (Phi) is 8.35. The van der Waals surface area contributed by atoms with E-state index in [0.29, 0.717) is 17.5 Å². The van der Waals surface area contributed by atoms with E-state index >= 15 is 0 Å². The van der Waals surface area contributed by atoms with E-state index in [4.69, 9.17) is 0 Å². The van der Waals surface area contributed by atoms with Gasteiger partial charge >= 0.3 is 5.97 Å². The van der Waals surface area contributed by atoms with E-state index in [9.17, 15) is 29.1 Å². The van der Waals surface area contributed by atoms with E-state index < -0.39 is 41.7 Å². The van der Waals surface area contributed by atoms with Gasteiger partial charge in [0.25, 0.3) is 11.8 Å². The number of nitrogens with one attached hydrogen (secondary N) is 2. The number of benzene rings is 2. The summed E-state index contributed by atoms with van der Waals surface area (Å²) in [5.41, 5.74) is 1.35. The molecule has 0 unspecified atom stereocenters. The van der Waals surface area contributed by atoms with Crippen LogP contribution in [-0.4, -0.2) is 58.2 Å². The highest BCUT2D eigenvalue weighted by Crippen LogP contribution is 2.22. The van der Waals surface area contributed by atoms with Gasteiger partial charge in [-0.3, -0.25) is 24.1 Å². The maximum absolute atomic E-state index is 12.9. The fraction of sp³-hybridized carbons (Fsp3) is 0.346. The number of carboxylic acids is 1. The van der Waals surface area contributed by atoms with Crippen molar-refractivity contribution in [3.63, 3.8) is 0 Å². The van der Waals surface area contributed by atoms with Crippen molar-refractivity contribution in [3.05, 3.63) is 71.3 Å². The molecule has 0 radical (unpaired) electrons. The number of carbonyl (C=O) groups is 5. The van der Waals surface area contributed by atoms with E-state index in [0.717, 1.165) is 10.5 Å². The van der Waals surface area contributed by atoms with Crippen molar-refractivity contribution in [1.29, 1.82) is 0 Å². The Morgan fingerprint density at radius 2 is 1.43 bits per heavy atom. The third-order valence-electron chi connectivity index (χ3n) is 5.70. The number of fused-ring (bicyclic) bond motifs is 1. The second kappa shape index (κ2) is 11.4. The van der Waals surface area contributed by atoms with Gasteiger partial charge in [0.05, 0.1) is 11.1 Å². The number of carbonyl (C=O) groups excluding carboxylic acids is 4. The lowest BCUT2D eigenvalue weighted by Crippen LogP contribution is -2.53. The highest BCUT2D eigenvalue weighted by Gasteiger charge is 2.35. The summed E-state index contributed by atoms with van der Waals surface area (Å²) in [5, 5.41) is 14.8.